The number of hydrogen-bond acceptors (Lipinski definition) is 5. The van der Waals surface area contributed by atoms with Gasteiger partial charge in [-0.25, -0.2) is 4.98 Å². The molecule has 0 aliphatic rings. The maximum atomic E-state index is 11.9. The van der Waals surface area contributed by atoms with Crippen molar-refractivity contribution >= 4 is 10.9 Å². The van der Waals surface area contributed by atoms with E-state index in [-0.39, 0.29) is 5.88 Å². The molecular weight excluding hydrogens is 304 g/mol. The molecule has 116 valence electrons. The number of aromatic nitrogens is 4. The minimum atomic E-state index is 0.151. The van der Waals surface area contributed by atoms with Crippen LogP contribution in [0.3, 0.4) is 0 Å². The van der Waals surface area contributed by atoms with E-state index in [1.807, 2.05) is 36.4 Å². The van der Waals surface area contributed by atoms with Crippen LogP contribution in [0.1, 0.15) is 0 Å². The van der Waals surface area contributed by atoms with Crippen LogP contribution < -0.4 is 9.47 Å². The quantitative estimate of drug-likeness (QED) is 0.429. The molecule has 0 bridgehead atoms. The molecule has 3 heterocycles. The summed E-state index contributed by atoms with van der Waals surface area (Å²) in [6.07, 6.45) is 4.75. The smallest absolute Gasteiger partial charge is 0.386 e. The third kappa shape index (κ3) is 2.61. The van der Waals surface area contributed by atoms with E-state index in [0.717, 1.165) is 16.5 Å². The molecule has 0 amide bonds. The first-order chi connectivity index (χ1) is 11.8. The topological polar surface area (TPSA) is 74.8 Å². The summed E-state index contributed by atoms with van der Waals surface area (Å²) < 4.78 is 6.42. The molecule has 0 aliphatic carbocycles. The number of nitrogens with zero attached hydrogens (tertiary/aromatic N) is 4. The van der Waals surface area contributed by atoms with Gasteiger partial charge < -0.3 is 9.94 Å². The lowest BCUT2D eigenvalue weighted by molar-refractivity contribution is -0.611. The van der Waals surface area contributed by atoms with Gasteiger partial charge in [0.05, 0.1) is 17.0 Å². The highest BCUT2D eigenvalue weighted by atomic mass is 16.6. The fourth-order valence-corrected chi connectivity index (χ4v) is 2.34. The van der Waals surface area contributed by atoms with Crippen molar-refractivity contribution in [3.8, 4) is 23.1 Å². The minimum Gasteiger partial charge on any atom is -0.616 e. The number of rotatable bonds is 3. The second-order valence-corrected chi connectivity index (χ2v) is 5.08. The lowest BCUT2D eigenvalue weighted by atomic mass is 10.2. The molecule has 0 N–H and O–H groups in total. The third-order valence-corrected chi connectivity index (χ3v) is 3.48. The number of pyridine rings is 2. The summed E-state index contributed by atoms with van der Waals surface area (Å²) in [6.45, 7) is 0. The van der Waals surface area contributed by atoms with Crippen LogP contribution in [0.15, 0.2) is 73.2 Å². The Balaban J connectivity index is 1.88. The van der Waals surface area contributed by atoms with Gasteiger partial charge in [-0.15, -0.1) is 4.73 Å². The van der Waals surface area contributed by atoms with Crippen LogP contribution in [-0.2, 0) is 0 Å². The van der Waals surface area contributed by atoms with Crippen molar-refractivity contribution in [3.63, 3.8) is 0 Å². The first-order valence-electron chi connectivity index (χ1n) is 7.34. The van der Waals surface area contributed by atoms with E-state index in [2.05, 4.69) is 15.0 Å². The summed E-state index contributed by atoms with van der Waals surface area (Å²) in [7, 11) is 0. The standard InChI is InChI=1S/C18H12N4O2/c23-22-11-4-3-9-16(22)24-18-14-7-1-2-8-15(14)20-17(21-18)13-6-5-10-19-12-13/h1-12H. The second-order valence-electron chi connectivity index (χ2n) is 5.08. The normalized spacial score (nSPS) is 10.7. The van der Waals surface area contributed by atoms with E-state index in [9.17, 15) is 5.21 Å². The van der Waals surface area contributed by atoms with Crippen LogP contribution in [-0.4, -0.2) is 15.0 Å². The molecule has 0 saturated carbocycles. The maximum absolute atomic E-state index is 11.9. The van der Waals surface area contributed by atoms with E-state index < -0.39 is 0 Å². The van der Waals surface area contributed by atoms with Gasteiger partial charge >= 0.3 is 5.88 Å². The van der Waals surface area contributed by atoms with Gasteiger partial charge in [0.1, 0.15) is 0 Å². The molecule has 0 radical (unpaired) electrons. The van der Waals surface area contributed by atoms with Crippen molar-refractivity contribution in [2.75, 3.05) is 0 Å². The van der Waals surface area contributed by atoms with E-state index in [0.29, 0.717) is 16.4 Å². The van der Waals surface area contributed by atoms with Crippen molar-refractivity contribution in [3.05, 3.63) is 78.4 Å². The Morgan fingerprint density at radius 2 is 1.79 bits per heavy atom. The summed E-state index contributed by atoms with van der Waals surface area (Å²) in [5, 5.41) is 12.6. The zero-order valence-electron chi connectivity index (χ0n) is 12.5. The minimum absolute atomic E-state index is 0.151. The largest absolute Gasteiger partial charge is 0.616 e. The number of ether oxygens (including phenoxy) is 1. The zero-order valence-corrected chi connectivity index (χ0v) is 12.5. The SMILES string of the molecule is [O-][n+]1ccccc1Oc1nc(-c2cccnc2)nc2ccccc12. The highest BCUT2D eigenvalue weighted by molar-refractivity contribution is 5.85. The average Bonchev–Trinajstić information content (AvgIpc) is 2.64. The Bertz CT molecular complexity index is 1010. The summed E-state index contributed by atoms with van der Waals surface area (Å²) in [4.78, 5) is 13.1. The molecular formula is C18H12N4O2. The van der Waals surface area contributed by atoms with Gasteiger partial charge in [-0.3, -0.25) is 4.98 Å². The number of para-hydroxylation sites is 1. The molecule has 0 unspecified atom stereocenters. The summed E-state index contributed by atoms with van der Waals surface area (Å²) >= 11 is 0. The van der Waals surface area contributed by atoms with Crippen LogP contribution in [0.25, 0.3) is 22.3 Å². The van der Waals surface area contributed by atoms with Crippen molar-refractivity contribution in [2.24, 2.45) is 0 Å². The predicted octanol–water partition coefficient (Wildman–Crippen LogP) is 3.12. The highest BCUT2D eigenvalue weighted by Crippen LogP contribution is 2.28. The van der Waals surface area contributed by atoms with Crippen molar-refractivity contribution in [2.45, 2.75) is 0 Å². The molecule has 4 aromatic rings. The summed E-state index contributed by atoms with van der Waals surface area (Å²) in [5.41, 5.74) is 1.51. The molecule has 6 heteroatoms. The molecule has 0 saturated heterocycles. The van der Waals surface area contributed by atoms with Crippen molar-refractivity contribution in [1.82, 2.24) is 15.0 Å². The van der Waals surface area contributed by atoms with Crippen LogP contribution in [0.2, 0.25) is 0 Å². The summed E-state index contributed by atoms with van der Waals surface area (Å²) in [5.74, 6) is 0.971. The average molecular weight is 316 g/mol. The van der Waals surface area contributed by atoms with E-state index >= 15 is 0 Å². The lowest BCUT2D eigenvalue weighted by Gasteiger charge is -2.09. The summed E-state index contributed by atoms with van der Waals surface area (Å²) in [6, 6.07) is 16.1. The van der Waals surface area contributed by atoms with Crippen LogP contribution in [0.4, 0.5) is 0 Å². The van der Waals surface area contributed by atoms with E-state index in [1.165, 1.54) is 6.20 Å². The lowest BCUT2D eigenvalue weighted by Crippen LogP contribution is -2.27. The number of fused-ring (bicyclic) bond motifs is 1. The number of benzene rings is 1. The third-order valence-electron chi connectivity index (χ3n) is 3.48. The van der Waals surface area contributed by atoms with Crippen molar-refractivity contribution < 1.29 is 9.47 Å². The van der Waals surface area contributed by atoms with Gasteiger partial charge in [0, 0.05) is 24.0 Å². The molecule has 24 heavy (non-hydrogen) atoms. The molecule has 3 aromatic heterocycles. The molecule has 0 atom stereocenters. The zero-order chi connectivity index (χ0) is 16.4. The van der Waals surface area contributed by atoms with Gasteiger partial charge in [0.15, 0.2) is 12.0 Å². The Morgan fingerprint density at radius 3 is 2.62 bits per heavy atom. The first-order valence-corrected chi connectivity index (χ1v) is 7.34. The van der Waals surface area contributed by atoms with Crippen molar-refractivity contribution in [1.29, 1.82) is 0 Å². The van der Waals surface area contributed by atoms with Gasteiger partial charge in [0.25, 0.3) is 0 Å². The fraction of sp³-hybridized carbons (Fsp3) is 0. The van der Waals surface area contributed by atoms with Gasteiger partial charge in [-0.05, 0) is 30.3 Å². The first kappa shape index (κ1) is 14.1. The Morgan fingerprint density at radius 1 is 0.917 bits per heavy atom. The van der Waals surface area contributed by atoms with Crippen LogP contribution in [0.5, 0.6) is 11.8 Å². The Labute approximate surface area is 137 Å². The maximum Gasteiger partial charge on any atom is 0.386 e. The van der Waals surface area contributed by atoms with Gasteiger partial charge in [-0.1, -0.05) is 12.1 Å². The molecule has 0 aliphatic heterocycles. The molecule has 4 rings (SSSR count). The van der Waals surface area contributed by atoms with Gasteiger partial charge in [-0.2, -0.15) is 4.98 Å². The monoisotopic (exact) mass is 316 g/mol. The molecule has 1 aromatic carbocycles. The van der Waals surface area contributed by atoms with Gasteiger partial charge in [0.2, 0.25) is 5.88 Å². The Kier molecular flexibility index (Phi) is 3.47. The number of hydrogen-bond donors (Lipinski definition) is 0. The second kappa shape index (κ2) is 5.92. The highest BCUT2D eigenvalue weighted by Gasteiger charge is 2.14. The molecule has 6 nitrogen and oxygen atoms in total. The van der Waals surface area contributed by atoms with Crippen LogP contribution >= 0.6 is 0 Å². The molecule has 0 spiro atoms. The molecule has 0 fully saturated rings. The predicted molar refractivity (Wildman–Crippen MR) is 88.2 cm³/mol. The van der Waals surface area contributed by atoms with E-state index in [1.54, 1.807) is 30.6 Å². The van der Waals surface area contributed by atoms with Crippen LogP contribution in [0, 0.1) is 5.21 Å². The van der Waals surface area contributed by atoms with E-state index in [4.69, 9.17) is 4.74 Å². The Hall–Kier alpha value is -3.54. The fourth-order valence-electron chi connectivity index (χ4n) is 2.34.